The van der Waals surface area contributed by atoms with Gasteiger partial charge in [0.05, 0.1) is 11.7 Å². The summed E-state index contributed by atoms with van der Waals surface area (Å²) in [5.74, 6) is 0.703. The van der Waals surface area contributed by atoms with E-state index in [1.165, 1.54) is 12.1 Å². The zero-order chi connectivity index (χ0) is 13.4. The minimum atomic E-state index is 0.566. The van der Waals surface area contributed by atoms with Gasteiger partial charge in [-0.25, -0.2) is 0 Å². The van der Waals surface area contributed by atoms with Gasteiger partial charge in [-0.05, 0) is 50.8 Å². The molecule has 3 nitrogen and oxygen atoms in total. The third kappa shape index (κ3) is 4.81. The summed E-state index contributed by atoms with van der Waals surface area (Å²) < 4.78 is 2.15. The highest BCUT2D eigenvalue weighted by Crippen LogP contribution is 2.16. The zero-order valence-electron chi connectivity index (χ0n) is 12.4. The number of hydrogen-bond acceptors (Lipinski definition) is 2. The Bertz CT molecular complexity index is 315. The fraction of sp³-hybridized carbons (Fsp3) is 0.800. The Morgan fingerprint density at radius 1 is 1.28 bits per heavy atom. The zero-order valence-corrected chi connectivity index (χ0v) is 12.4. The fourth-order valence-corrected chi connectivity index (χ4v) is 2.34. The van der Waals surface area contributed by atoms with Gasteiger partial charge in [-0.15, -0.1) is 0 Å². The maximum Gasteiger partial charge on any atom is 0.0627 e. The first-order valence-corrected chi connectivity index (χ1v) is 7.45. The molecule has 1 N–H and O–H groups in total. The highest BCUT2D eigenvalue weighted by atomic mass is 15.3. The van der Waals surface area contributed by atoms with Crippen molar-refractivity contribution in [1.29, 1.82) is 0 Å². The van der Waals surface area contributed by atoms with Crippen LogP contribution in [0.3, 0.4) is 0 Å². The van der Waals surface area contributed by atoms with E-state index in [0.29, 0.717) is 12.0 Å². The molecular weight excluding hydrogens is 222 g/mol. The predicted molar refractivity (Wildman–Crippen MR) is 77.9 cm³/mol. The number of aromatic nitrogens is 2. The van der Waals surface area contributed by atoms with Crippen molar-refractivity contribution >= 4 is 0 Å². The Morgan fingerprint density at radius 3 is 2.61 bits per heavy atom. The molecular formula is C15H29N3. The molecule has 0 radical (unpaired) electrons. The van der Waals surface area contributed by atoms with Gasteiger partial charge in [0, 0.05) is 6.20 Å². The van der Waals surface area contributed by atoms with Crippen LogP contribution >= 0.6 is 0 Å². The molecule has 104 valence electrons. The highest BCUT2D eigenvalue weighted by Gasteiger charge is 2.10. The minimum absolute atomic E-state index is 0.566. The van der Waals surface area contributed by atoms with Gasteiger partial charge in [-0.3, -0.25) is 4.68 Å². The number of hydrogen-bond donors (Lipinski definition) is 1. The monoisotopic (exact) mass is 251 g/mol. The standard InChI is InChI=1S/C15H29N3/c1-5-15(6-2)18-11-9-14(17-18)12-13(4)8-10-16-7-3/h9,11,13,15-16H,5-8,10,12H2,1-4H3. The molecule has 0 fully saturated rings. The van der Waals surface area contributed by atoms with Crippen LogP contribution in [0, 0.1) is 5.92 Å². The van der Waals surface area contributed by atoms with Crippen LogP contribution in [-0.2, 0) is 6.42 Å². The summed E-state index contributed by atoms with van der Waals surface area (Å²) >= 11 is 0. The van der Waals surface area contributed by atoms with Crippen molar-refractivity contribution in [1.82, 2.24) is 15.1 Å². The van der Waals surface area contributed by atoms with Crippen LogP contribution in [0.25, 0.3) is 0 Å². The largest absolute Gasteiger partial charge is 0.317 e. The second kappa shape index (κ2) is 8.30. The maximum absolute atomic E-state index is 4.72. The van der Waals surface area contributed by atoms with Crippen molar-refractivity contribution in [3.8, 4) is 0 Å². The molecule has 1 aromatic rings. The lowest BCUT2D eigenvalue weighted by Crippen LogP contribution is -2.17. The third-order valence-corrected chi connectivity index (χ3v) is 3.60. The number of rotatable bonds is 9. The van der Waals surface area contributed by atoms with Crippen LogP contribution in [-0.4, -0.2) is 22.9 Å². The Labute approximate surface area is 112 Å². The number of nitrogens with one attached hydrogen (secondary N) is 1. The lowest BCUT2D eigenvalue weighted by atomic mass is 10.0. The summed E-state index contributed by atoms with van der Waals surface area (Å²) in [5.41, 5.74) is 1.24. The average molecular weight is 251 g/mol. The molecule has 0 bridgehead atoms. The van der Waals surface area contributed by atoms with Gasteiger partial charge in [-0.1, -0.05) is 27.7 Å². The molecule has 0 aliphatic heterocycles. The summed E-state index contributed by atoms with van der Waals surface area (Å²) in [7, 11) is 0. The summed E-state index contributed by atoms with van der Waals surface area (Å²) in [5, 5.41) is 8.10. The van der Waals surface area contributed by atoms with Gasteiger partial charge in [0.15, 0.2) is 0 Å². The summed E-state index contributed by atoms with van der Waals surface area (Å²) in [6, 6.07) is 2.75. The molecule has 1 aromatic heterocycles. The maximum atomic E-state index is 4.72. The van der Waals surface area contributed by atoms with Crippen LogP contribution in [0.4, 0.5) is 0 Å². The SMILES string of the molecule is CCNCCC(C)Cc1ccn(C(CC)CC)n1. The van der Waals surface area contributed by atoms with E-state index in [1.807, 2.05) is 0 Å². The predicted octanol–water partition coefficient (Wildman–Crippen LogP) is 3.42. The van der Waals surface area contributed by atoms with Crippen LogP contribution in [0.2, 0.25) is 0 Å². The van der Waals surface area contributed by atoms with E-state index in [4.69, 9.17) is 5.10 Å². The molecule has 1 unspecified atom stereocenters. The third-order valence-electron chi connectivity index (χ3n) is 3.60. The Morgan fingerprint density at radius 2 is 2.00 bits per heavy atom. The van der Waals surface area contributed by atoms with Gasteiger partial charge in [0.25, 0.3) is 0 Å². The van der Waals surface area contributed by atoms with Gasteiger partial charge < -0.3 is 5.32 Å². The average Bonchev–Trinajstić information content (AvgIpc) is 2.79. The van der Waals surface area contributed by atoms with Crippen LogP contribution in [0.5, 0.6) is 0 Å². The smallest absolute Gasteiger partial charge is 0.0627 e. The molecule has 0 aliphatic rings. The lowest BCUT2D eigenvalue weighted by Gasteiger charge is -2.13. The van der Waals surface area contributed by atoms with Gasteiger partial charge >= 0.3 is 0 Å². The van der Waals surface area contributed by atoms with Crippen molar-refractivity contribution in [2.45, 2.75) is 59.4 Å². The lowest BCUT2D eigenvalue weighted by molar-refractivity contribution is 0.420. The van der Waals surface area contributed by atoms with Crippen molar-refractivity contribution in [2.75, 3.05) is 13.1 Å². The normalized spacial score (nSPS) is 13.2. The van der Waals surface area contributed by atoms with Crippen LogP contribution in [0.15, 0.2) is 12.3 Å². The van der Waals surface area contributed by atoms with Gasteiger partial charge in [0.2, 0.25) is 0 Å². The van der Waals surface area contributed by atoms with E-state index in [-0.39, 0.29) is 0 Å². The van der Waals surface area contributed by atoms with Crippen molar-refractivity contribution in [2.24, 2.45) is 5.92 Å². The first-order chi connectivity index (χ1) is 8.71. The van der Waals surface area contributed by atoms with Crippen molar-refractivity contribution in [3.63, 3.8) is 0 Å². The molecule has 1 atom stereocenters. The molecule has 0 aliphatic carbocycles. The van der Waals surface area contributed by atoms with Gasteiger partial charge in [0.1, 0.15) is 0 Å². The van der Waals surface area contributed by atoms with E-state index in [0.717, 1.165) is 32.4 Å². The van der Waals surface area contributed by atoms with E-state index in [2.05, 4.69) is 50.0 Å². The molecule has 1 rings (SSSR count). The summed E-state index contributed by atoms with van der Waals surface area (Å²) in [6.45, 7) is 11.1. The second-order valence-electron chi connectivity index (χ2n) is 5.21. The van der Waals surface area contributed by atoms with Crippen molar-refractivity contribution < 1.29 is 0 Å². The summed E-state index contributed by atoms with van der Waals surface area (Å²) in [6.07, 6.45) is 6.79. The van der Waals surface area contributed by atoms with Gasteiger partial charge in [-0.2, -0.15) is 5.10 Å². The van der Waals surface area contributed by atoms with E-state index >= 15 is 0 Å². The fourth-order valence-electron chi connectivity index (χ4n) is 2.34. The molecule has 0 saturated carbocycles. The molecule has 0 spiro atoms. The van der Waals surface area contributed by atoms with Crippen molar-refractivity contribution in [3.05, 3.63) is 18.0 Å². The molecule has 0 saturated heterocycles. The Kier molecular flexibility index (Phi) is 7.02. The number of nitrogens with zero attached hydrogens (tertiary/aromatic N) is 2. The molecule has 0 amide bonds. The van der Waals surface area contributed by atoms with E-state index in [1.54, 1.807) is 0 Å². The Hall–Kier alpha value is -0.830. The first kappa shape index (κ1) is 15.2. The second-order valence-corrected chi connectivity index (χ2v) is 5.21. The van der Waals surface area contributed by atoms with Crippen LogP contribution in [0.1, 0.15) is 58.7 Å². The van der Waals surface area contributed by atoms with Crippen LogP contribution < -0.4 is 5.32 Å². The molecule has 18 heavy (non-hydrogen) atoms. The molecule has 0 aromatic carbocycles. The topological polar surface area (TPSA) is 29.9 Å². The highest BCUT2D eigenvalue weighted by molar-refractivity contribution is 5.00. The van der Waals surface area contributed by atoms with E-state index < -0.39 is 0 Å². The quantitative estimate of drug-likeness (QED) is 0.682. The minimum Gasteiger partial charge on any atom is -0.317 e. The summed E-state index contributed by atoms with van der Waals surface area (Å²) in [4.78, 5) is 0. The van der Waals surface area contributed by atoms with E-state index in [9.17, 15) is 0 Å². The Balaban J connectivity index is 2.43. The molecule has 3 heteroatoms. The first-order valence-electron chi connectivity index (χ1n) is 7.45. The molecule has 1 heterocycles.